The molecule has 0 aliphatic heterocycles. The highest BCUT2D eigenvalue weighted by Crippen LogP contribution is 2.30. The van der Waals surface area contributed by atoms with Gasteiger partial charge in [-0.15, -0.1) is 0 Å². The average Bonchev–Trinajstić information content (AvgIpc) is 2.16. The highest BCUT2D eigenvalue weighted by atomic mass is 19.4. The molecule has 0 aliphatic carbocycles. The minimum absolute atomic E-state index is 0.140. The number of aromatic nitrogens is 1. The summed E-state index contributed by atoms with van der Waals surface area (Å²) in [4.78, 5) is 3.46. The number of hydrogen-bond acceptors (Lipinski definition) is 3. The lowest BCUT2D eigenvalue weighted by Gasteiger charge is -2.10. The van der Waals surface area contributed by atoms with E-state index in [1.54, 1.807) is 0 Å². The molecule has 0 amide bonds. The predicted octanol–water partition coefficient (Wildman–Crippen LogP) is 1.61. The number of rotatable bonds is 3. The summed E-state index contributed by atoms with van der Waals surface area (Å²) < 4.78 is 41.9. The number of nitrogens with zero attached hydrogens (tertiary/aromatic N) is 1. The Balaban J connectivity index is 3.11. The topological polar surface area (TPSA) is 48.1 Å². The monoisotopic (exact) mass is 220 g/mol. The lowest BCUT2D eigenvalue weighted by atomic mass is 10.2. The van der Waals surface area contributed by atoms with Crippen molar-refractivity contribution < 1.29 is 17.9 Å². The molecule has 0 bridgehead atoms. The molecule has 2 N–H and O–H groups in total. The van der Waals surface area contributed by atoms with Crippen LogP contribution < -0.4 is 10.5 Å². The van der Waals surface area contributed by atoms with E-state index in [4.69, 9.17) is 10.5 Å². The van der Waals surface area contributed by atoms with Crippen LogP contribution in [0.3, 0.4) is 0 Å². The fourth-order valence-corrected chi connectivity index (χ4v) is 1.10. The Kier molecular flexibility index (Phi) is 3.52. The summed E-state index contributed by atoms with van der Waals surface area (Å²) in [5.41, 5.74) is 4.58. The van der Waals surface area contributed by atoms with Gasteiger partial charge >= 0.3 is 6.18 Å². The summed E-state index contributed by atoms with van der Waals surface area (Å²) in [6.07, 6.45) is -4.17. The largest absolute Gasteiger partial charge is 0.497 e. The summed E-state index contributed by atoms with van der Waals surface area (Å²) in [7, 11) is 1.31. The molecule has 0 unspecified atom stereocenters. The van der Waals surface area contributed by atoms with Gasteiger partial charge in [-0.1, -0.05) is 0 Å². The van der Waals surface area contributed by atoms with Gasteiger partial charge in [0.15, 0.2) is 0 Å². The molecule has 0 saturated carbocycles. The third kappa shape index (κ3) is 3.09. The van der Waals surface area contributed by atoms with Crippen LogP contribution in [0.25, 0.3) is 0 Å². The van der Waals surface area contributed by atoms with Crippen molar-refractivity contribution in [3.05, 3.63) is 23.5 Å². The Hall–Kier alpha value is -1.30. The zero-order valence-electron chi connectivity index (χ0n) is 8.14. The van der Waals surface area contributed by atoms with Gasteiger partial charge in [0.05, 0.1) is 7.11 Å². The molecule has 0 atom stereocenters. The minimum atomic E-state index is -4.46. The maximum absolute atomic E-state index is 12.4. The van der Waals surface area contributed by atoms with E-state index >= 15 is 0 Å². The second kappa shape index (κ2) is 4.48. The third-order valence-electron chi connectivity index (χ3n) is 1.78. The molecular weight excluding hydrogens is 209 g/mol. The summed E-state index contributed by atoms with van der Waals surface area (Å²) in [5.74, 6) is 0.140. The molecule has 1 rings (SSSR count). The molecule has 0 aromatic carbocycles. The summed E-state index contributed by atoms with van der Waals surface area (Å²) in [5, 5.41) is 0. The number of halogens is 3. The predicted molar refractivity (Wildman–Crippen MR) is 48.5 cm³/mol. The zero-order chi connectivity index (χ0) is 11.5. The maximum Gasteiger partial charge on any atom is 0.433 e. The lowest BCUT2D eigenvalue weighted by Crippen LogP contribution is -2.12. The van der Waals surface area contributed by atoms with E-state index in [9.17, 15) is 13.2 Å². The van der Waals surface area contributed by atoms with Crippen molar-refractivity contribution in [2.24, 2.45) is 5.73 Å². The van der Waals surface area contributed by atoms with E-state index in [1.807, 2.05) is 0 Å². The van der Waals surface area contributed by atoms with Crippen LogP contribution in [0.15, 0.2) is 12.1 Å². The van der Waals surface area contributed by atoms with Crippen molar-refractivity contribution in [1.29, 1.82) is 0 Å². The molecule has 6 heteroatoms. The fourth-order valence-electron chi connectivity index (χ4n) is 1.10. The third-order valence-corrected chi connectivity index (χ3v) is 1.78. The Bertz CT molecular complexity index is 339. The van der Waals surface area contributed by atoms with Crippen LogP contribution in [-0.4, -0.2) is 18.6 Å². The van der Waals surface area contributed by atoms with E-state index in [1.165, 1.54) is 13.2 Å². The number of nitrogens with two attached hydrogens (primary N) is 1. The summed E-state index contributed by atoms with van der Waals surface area (Å²) >= 11 is 0. The van der Waals surface area contributed by atoms with Crippen LogP contribution in [-0.2, 0) is 12.6 Å². The highest BCUT2D eigenvalue weighted by Gasteiger charge is 2.33. The van der Waals surface area contributed by atoms with Crippen molar-refractivity contribution in [2.75, 3.05) is 13.7 Å². The first-order chi connectivity index (χ1) is 6.97. The Morgan fingerprint density at radius 1 is 1.40 bits per heavy atom. The quantitative estimate of drug-likeness (QED) is 0.841. The standard InChI is InChI=1S/C9H11F3N2O/c1-15-7-4-6(2-3-13)14-8(5-7)9(10,11)12/h4-5H,2-3,13H2,1H3. The van der Waals surface area contributed by atoms with Crippen LogP contribution in [0.1, 0.15) is 11.4 Å². The Morgan fingerprint density at radius 3 is 2.53 bits per heavy atom. The number of pyridine rings is 1. The van der Waals surface area contributed by atoms with E-state index in [2.05, 4.69) is 4.98 Å². The molecule has 0 radical (unpaired) electrons. The zero-order valence-corrected chi connectivity index (χ0v) is 8.14. The van der Waals surface area contributed by atoms with Gasteiger partial charge in [-0.05, 0) is 6.54 Å². The molecule has 15 heavy (non-hydrogen) atoms. The van der Waals surface area contributed by atoms with E-state index < -0.39 is 11.9 Å². The van der Waals surface area contributed by atoms with Gasteiger partial charge in [0.2, 0.25) is 0 Å². The van der Waals surface area contributed by atoms with Crippen molar-refractivity contribution in [3.63, 3.8) is 0 Å². The lowest BCUT2D eigenvalue weighted by molar-refractivity contribution is -0.141. The Labute approximate surface area is 85.1 Å². The smallest absolute Gasteiger partial charge is 0.433 e. The molecule has 0 saturated heterocycles. The molecule has 1 heterocycles. The molecule has 0 spiro atoms. The van der Waals surface area contributed by atoms with Crippen LogP contribution in [0, 0.1) is 0 Å². The second-order valence-corrected chi connectivity index (χ2v) is 2.92. The molecule has 0 aliphatic rings. The molecule has 1 aromatic rings. The van der Waals surface area contributed by atoms with Crippen LogP contribution in [0.4, 0.5) is 13.2 Å². The van der Waals surface area contributed by atoms with Crippen molar-refractivity contribution in [3.8, 4) is 5.75 Å². The van der Waals surface area contributed by atoms with Gasteiger partial charge in [0.25, 0.3) is 0 Å². The summed E-state index contributed by atoms with van der Waals surface area (Å²) in [6.45, 7) is 0.247. The normalized spacial score (nSPS) is 11.5. The maximum atomic E-state index is 12.4. The molecule has 3 nitrogen and oxygen atoms in total. The first kappa shape index (κ1) is 11.8. The van der Waals surface area contributed by atoms with Crippen molar-refractivity contribution in [2.45, 2.75) is 12.6 Å². The van der Waals surface area contributed by atoms with Gasteiger partial charge < -0.3 is 10.5 Å². The van der Waals surface area contributed by atoms with Gasteiger partial charge in [0, 0.05) is 24.2 Å². The van der Waals surface area contributed by atoms with Crippen LogP contribution >= 0.6 is 0 Å². The summed E-state index contributed by atoms with van der Waals surface area (Å²) in [6, 6.07) is 2.31. The average molecular weight is 220 g/mol. The molecule has 1 aromatic heterocycles. The van der Waals surface area contributed by atoms with Crippen LogP contribution in [0.5, 0.6) is 5.75 Å². The van der Waals surface area contributed by atoms with E-state index in [0.717, 1.165) is 6.07 Å². The number of alkyl halides is 3. The Morgan fingerprint density at radius 2 is 2.07 bits per heavy atom. The number of ether oxygens (including phenoxy) is 1. The first-order valence-corrected chi connectivity index (χ1v) is 4.29. The van der Waals surface area contributed by atoms with Gasteiger partial charge in [0.1, 0.15) is 11.4 Å². The van der Waals surface area contributed by atoms with Crippen LogP contribution in [0.2, 0.25) is 0 Å². The molecule has 0 fully saturated rings. The highest BCUT2D eigenvalue weighted by molar-refractivity contribution is 5.28. The van der Waals surface area contributed by atoms with E-state index in [0.29, 0.717) is 6.42 Å². The number of methoxy groups -OCH3 is 1. The van der Waals surface area contributed by atoms with Gasteiger partial charge in [-0.2, -0.15) is 13.2 Å². The number of hydrogen-bond donors (Lipinski definition) is 1. The minimum Gasteiger partial charge on any atom is -0.497 e. The van der Waals surface area contributed by atoms with E-state index in [-0.39, 0.29) is 18.0 Å². The van der Waals surface area contributed by atoms with Gasteiger partial charge in [-0.25, -0.2) is 4.98 Å². The van der Waals surface area contributed by atoms with Crippen molar-refractivity contribution >= 4 is 0 Å². The van der Waals surface area contributed by atoms with Gasteiger partial charge in [-0.3, -0.25) is 0 Å². The fraction of sp³-hybridized carbons (Fsp3) is 0.444. The SMILES string of the molecule is COc1cc(CCN)nc(C(F)(F)F)c1. The van der Waals surface area contributed by atoms with Crippen molar-refractivity contribution in [1.82, 2.24) is 4.98 Å². The molecular formula is C9H11F3N2O. The first-order valence-electron chi connectivity index (χ1n) is 4.29. The molecule has 84 valence electrons. The second-order valence-electron chi connectivity index (χ2n) is 2.92.